The Balaban J connectivity index is 1.91. The minimum Gasteiger partial charge on any atom is -0.347 e. The predicted molar refractivity (Wildman–Crippen MR) is 46.3 cm³/mol. The normalized spacial score (nSPS) is 19.7. The molecule has 1 fully saturated rings. The summed E-state index contributed by atoms with van der Waals surface area (Å²) in [7, 11) is 2.39. The summed E-state index contributed by atoms with van der Waals surface area (Å²) in [5.74, 6) is 0. The first-order valence-corrected chi connectivity index (χ1v) is 4.51. The molecule has 1 aliphatic heterocycles. The van der Waals surface area contributed by atoms with Gasteiger partial charge in [-0.3, -0.25) is 0 Å². The molecule has 0 aliphatic carbocycles. The average molecular weight is 138 g/mol. The molecule has 0 saturated carbocycles. The van der Waals surface area contributed by atoms with Gasteiger partial charge < -0.3 is 4.81 Å². The van der Waals surface area contributed by atoms with Crippen molar-refractivity contribution in [2.24, 2.45) is 0 Å². The molecule has 0 bridgehead atoms. The summed E-state index contributed by atoms with van der Waals surface area (Å²) in [6.45, 7) is 4.87. The molecule has 1 heterocycles. The third kappa shape index (κ3) is 2.74. The largest absolute Gasteiger partial charge is 0.347 e. The molecule has 0 aromatic heterocycles. The maximum atomic E-state index is 2.47. The van der Waals surface area contributed by atoms with Crippen molar-refractivity contribution >= 4 is 7.41 Å². The van der Waals surface area contributed by atoms with Crippen LogP contribution in [-0.4, -0.2) is 25.3 Å². The van der Waals surface area contributed by atoms with E-state index >= 15 is 0 Å². The fraction of sp³-hybridized carbons (Fsp3) is 1.00. The van der Waals surface area contributed by atoms with E-state index in [1.54, 1.807) is 0 Å². The van der Waals surface area contributed by atoms with E-state index in [1.165, 1.54) is 45.1 Å². The fourth-order valence-corrected chi connectivity index (χ4v) is 1.40. The number of rotatable bonds is 4. The quantitative estimate of drug-likeness (QED) is 0.423. The number of hydrogen-bond donors (Lipinski definition) is 0. The summed E-state index contributed by atoms with van der Waals surface area (Å²) >= 11 is 0. The standard InChI is InChI=1S/C8H17BN/c1-2-3-6-9-10-7-4-5-8-10/h2-8H2,1H3. The molecule has 1 rings (SSSR count). The predicted octanol–water partition coefficient (Wildman–Crippen LogP) is 1.92. The SMILES string of the molecule is CCCC[B]N1CCCC1. The van der Waals surface area contributed by atoms with Gasteiger partial charge in [0.25, 0.3) is 0 Å². The zero-order valence-electron chi connectivity index (χ0n) is 6.97. The summed E-state index contributed by atoms with van der Waals surface area (Å²) in [6, 6.07) is 0. The van der Waals surface area contributed by atoms with E-state index in [9.17, 15) is 0 Å². The van der Waals surface area contributed by atoms with Gasteiger partial charge in [-0.25, -0.2) is 0 Å². The maximum absolute atomic E-state index is 2.47. The lowest BCUT2D eigenvalue weighted by molar-refractivity contribution is 0.546. The van der Waals surface area contributed by atoms with Gasteiger partial charge in [0.05, 0.1) is 0 Å². The Morgan fingerprint density at radius 2 is 2.00 bits per heavy atom. The molecule has 1 saturated heterocycles. The fourth-order valence-electron chi connectivity index (χ4n) is 1.40. The second-order valence-electron chi connectivity index (χ2n) is 3.07. The Labute approximate surface area is 65.1 Å². The number of unbranched alkanes of at least 4 members (excludes halogenated alkanes) is 1. The van der Waals surface area contributed by atoms with E-state index in [1.807, 2.05) is 0 Å². The van der Waals surface area contributed by atoms with E-state index in [2.05, 4.69) is 19.1 Å². The molecule has 0 unspecified atom stereocenters. The van der Waals surface area contributed by atoms with Crippen LogP contribution in [0, 0.1) is 0 Å². The minimum absolute atomic E-state index is 1.29. The molecule has 57 valence electrons. The third-order valence-corrected chi connectivity index (χ3v) is 2.09. The Hall–Kier alpha value is 0.0249. The molecule has 1 radical (unpaired) electrons. The van der Waals surface area contributed by atoms with Crippen LogP contribution in [0.15, 0.2) is 0 Å². The van der Waals surface area contributed by atoms with Crippen LogP contribution < -0.4 is 0 Å². The molecule has 0 aromatic rings. The van der Waals surface area contributed by atoms with Crippen molar-refractivity contribution in [2.75, 3.05) is 13.1 Å². The van der Waals surface area contributed by atoms with E-state index < -0.39 is 0 Å². The monoisotopic (exact) mass is 138 g/mol. The zero-order chi connectivity index (χ0) is 7.23. The molecular weight excluding hydrogens is 121 g/mol. The van der Waals surface area contributed by atoms with Crippen LogP contribution >= 0.6 is 0 Å². The topological polar surface area (TPSA) is 3.24 Å². The summed E-state index contributed by atoms with van der Waals surface area (Å²) in [4.78, 5) is 2.47. The Morgan fingerprint density at radius 1 is 1.30 bits per heavy atom. The van der Waals surface area contributed by atoms with Crippen LogP contribution in [0.5, 0.6) is 0 Å². The van der Waals surface area contributed by atoms with Gasteiger partial charge in [0.2, 0.25) is 7.41 Å². The van der Waals surface area contributed by atoms with Crippen molar-refractivity contribution in [3.8, 4) is 0 Å². The Bertz CT molecular complexity index is 79.3. The molecule has 0 aromatic carbocycles. The van der Waals surface area contributed by atoms with Crippen LogP contribution in [0.4, 0.5) is 0 Å². The zero-order valence-corrected chi connectivity index (χ0v) is 6.97. The molecule has 10 heavy (non-hydrogen) atoms. The number of nitrogens with zero attached hydrogens (tertiary/aromatic N) is 1. The third-order valence-electron chi connectivity index (χ3n) is 2.09. The highest BCUT2D eigenvalue weighted by atomic mass is 15.1. The highest BCUT2D eigenvalue weighted by Gasteiger charge is 2.10. The van der Waals surface area contributed by atoms with Gasteiger partial charge in [-0.15, -0.1) is 0 Å². The first-order chi connectivity index (χ1) is 4.93. The Morgan fingerprint density at radius 3 is 2.60 bits per heavy atom. The summed E-state index contributed by atoms with van der Waals surface area (Å²) in [5, 5.41) is 0. The van der Waals surface area contributed by atoms with Gasteiger partial charge in [-0.1, -0.05) is 26.1 Å². The van der Waals surface area contributed by atoms with Gasteiger partial charge in [0, 0.05) is 0 Å². The van der Waals surface area contributed by atoms with Crippen molar-refractivity contribution in [2.45, 2.75) is 38.9 Å². The first-order valence-electron chi connectivity index (χ1n) is 4.51. The molecule has 0 atom stereocenters. The average Bonchev–Trinajstić information content (AvgIpc) is 2.41. The highest BCUT2D eigenvalue weighted by Crippen LogP contribution is 2.07. The Kier molecular flexibility index (Phi) is 3.88. The molecule has 0 N–H and O–H groups in total. The lowest BCUT2D eigenvalue weighted by atomic mass is 9.84. The van der Waals surface area contributed by atoms with Crippen molar-refractivity contribution in [3.63, 3.8) is 0 Å². The van der Waals surface area contributed by atoms with E-state index in [0.29, 0.717) is 0 Å². The van der Waals surface area contributed by atoms with Crippen LogP contribution in [0.25, 0.3) is 0 Å². The van der Waals surface area contributed by atoms with Gasteiger partial charge in [-0.05, 0) is 25.9 Å². The molecule has 1 nitrogen and oxygen atoms in total. The highest BCUT2D eigenvalue weighted by molar-refractivity contribution is 6.31. The van der Waals surface area contributed by atoms with Crippen LogP contribution in [-0.2, 0) is 0 Å². The minimum atomic E-state index is 1.29. The lowest BCUT2D eigenvalue weighted by Gasteiger charge is -2.11. The summed E-state index contributed by atoms with van der Waals surface area (Å²) in [6.07, 6.45) is 6.78. The molecule has 0 spiro atoms. The van der Waals surface area contributed by atoms with Gasteiger partial charge in [0.1, 0.15) is 0 Å². The van der Waals surface area contributed by atoms with Crippen molar-refractivity contribution < 1.29 is 0 Å². The number of hydrogen-bond acceptors (Lipinski definition) is 1. The van der Waals surface area contributed by atoms with Gasteiger partial charge in [0.15, 0.2) is 0 Å². The molecule has 1 aliphatic rings. The van der Waals surface area contributed by atoms with Crippen LogP contribution in [0.3, 0.4) is 0 Å². The van der Waals surface area contributed by atoms with Crippen LogP contribution in [0.2, 0.25) is 6.32 Å². The van der Waals surface area contributed by atoms with E-state index in [-0.39, 0.29) is 0 Å². The molecule has 2 heteroatoms. The van der Waals surface area contributed by atoms with Crippen LogP contribution in [0.1, 0.15) is 32.6 Å². The smallest absolute Gasteiger partial charge is 0.208 e. The van der Waals surface area contributed by atoms with Crippen molar-refractivity contribution in [3.05, 3.63) is 0 Å². The molecular formula is C8H17BN. The van der Waals surface area contributed by atoms with Gasteiger partial charge >= 0.3 is 0 Å². The van der Waals surface area contributed by atoms with Crippen molar-refractivity contribution in [1.82, 2.24) is 4.81 Å². The van der Waals surface area contributed by atoms with Crippen molar-refractivity contribution in [1.29, 1.82) is 0 Å². The second-order valence-corrected chi connectivity index (χ2v) is 3.07. The maximum Gasteiger partial charge on any atom is 0.208 e. The summed E-state index contributed by atoms with van der Waals surface area (Å²) < 4.78 is 0. The summed E-state index contributed by atoms with van der Waals surface area (Å²) in [5.41, 5.74) is 0. The van der Waals surface area contributed by atoms with E-state index in [4.69, 9.17) is 0 Å². The lowest BCUT2D eigenvalue weighted by Crippen LogP contribution is -2.23. The first kappa shape index (κ1) is 8.12. The molecule has 0 amide bonds. The second kappa shape index (κ2) is 4.78. The van der Waals surface area contributed by atoms with Gasteiger partial charge in [-0.2, -0.15) is 0 Å². The van der Waals surface area contributed by atoms with E-state index in [0.717, 1.165) is 0 Å².